The first kappa shape index (κ1) is 25.2. The van der Waals surface area contributed by atoms with E-state index < -0.39 is 53.1 Å². The lowest BCUT2D eigenvalue weighted by molar-refractivity contribution is -0.0832. The molecular weight excluding hydrogens is 514 g/mol. The normalized spacial score (nSPS) is 18.4. The molecule has 2 aliphatic rings. The molecule has 1 N–H and O–H groups in total. The molecule has 1 fully saturated rings. The van der Waals surface area contributed by atoms with Gasteiger partial charge in [0.25, 0.3) is 5.91 Å². The average molecular weight is 538 g/mol. The first-order valence-corrected chi connectivity index (χ1v) is 12.5. The van der Waals surface area contributed by atoms with Gasteiger partial charge in [-0.3, -0.25) is 19.3 Å². The van der Waals surface area contributed by atoms with Crippen LogP contribution in [0.5, 0.6) is 5.75 Å². The zero-order valence-electron chi connectivity index (χ0n) is 20.0. The van der Waals surface area contributed by atoms with Gasteiger partial charge in [0.2, 0.25) is 11.4 Å². The van der Waals surface area contributed by atoms with Crippen LogP contribution in [0.4, 0.5) is 17.6 Å². The SMILES string of the molecule is CCN1C(=O)c2c(O)c(=O)c(-c3nnc(Cc4ccc(F)cc4F)s3)cn2N(C)C12CCC(F)(F)CC2. The summed E-state index contributed by atoms with van der Waals surface area (Å²) in [7, 11) is 1.62. The molecule has 196 valence electrons. The molecule has 2 aromatic heterocycles. The zero-order chi connectivity index (χ0) is 26.7. The van der Waals surface area contributed by atoms with E-state index in [1.165, 1.54) is 21.8 Å². The lowest BCUT2D eigenvalue weighted by Crippen LogP contribution is -2.70. The predicted octanol–water partition coefficient (Wildman–Crippen LogP) is 3.89. The smallest absolute Gasteiger partial charge is 0.278 e. The van der Waals surface area contributed by atoms with Gasteiger partial charge in [-0.2, -0.15) is 0 Å². The van der Waals surface area contributed by atoms with Crippen molar-refractivity contribution in [2.24, 2.45) is 0 Å². The molecule has 0 bridgehead atoms. The minimum Gasteiger partial charge on any atom is -0.502 e. The van der Waals surface area contributed by atoms with Gasteiger partial charge in [-0.15, -0.1) is 10.2 Å². The van der Waals surface area contributed by atoms with E-state index in [-0.39, 0.29) is 47.6 Å². The molecule has 13 heteroatoms. The number of aromatic nitrogens is 3. The molecule has 1 amide bonds. The van der Waals surface area contributed by atoms with Crippen molar-refractivity contribution in [2.75, 3.05) is 18.6 Å². The molecule has 0 unspecified atom stereocenters. The highest BCUT2D eigenvalue weighted by Crippen LogP contribution is 2.45. The fraction of sp³-hybridized carbons (Fsp3) is 0.417. The number of halogens is 4. The third kappa shape index (κ3) is 4.05. The Morgan fingerprint density at radius 2 is 1.81 bits per heavy atom. The Morgan fingerprint density at radius 1 is 1.11 bits per heavy atom. The lowest BCUT2D eigenvalue weighted by Gasteiger charge is -2.56. The van der Waals surface area contributed by atoms with Gasteiger partial charge in [0.05, 0.1) is 5.56 Å². The van der Waals surface area contributed by atoms with E-state index >= 15 is 0 Å². The van der Waals surface area contributed by atoms with E-state index in [2.05, 4.69) is 10.2 Å². The van der Waals surface area contributed by atoms with Gasteiger partial charge < -0.3 is 10.0 Å². The maximum absolute atomic E-state index is 14.1. The Balaban J connectivity index is 1.56. The van der Waals surface area contributed by atoms with Crippen LogP contribution in [0.25, 0.3) is 10.6 Å². The van der Waals surface area contributed by atoms with Gasteiger partial charge >= 0.3 is 0 Å². The standard InChI is InChI=1S/C24H23F4N5O3S/c1-3-32-22(36)18-20(35)19(34)15(12-33(18)31(2)24(32)8-6-23(27,28)7-9-24)21-30-29-17(37-21)10-13-4-5-14(25)11-16(13)26/h4-5,11-12,35H,3,6-10H2,1-2H3. The number of benzene rings is 1. The molecule has 0 radical (unpaired) electrons. The summed E-state index contributed by atoms with van der Waals surface area (Å²) in [4.78, 5) is 27.9. The Bertz CT molecular complexity index is 1450. The number of fused-ring (bicyclic) bond motifs is 1. The quantitative estimate of drug-likeness (QED) is 0.508. The number of carbonyl (C=O) groups is 1. The van der Waals surface area contributed by atoms with Crippen molar-refractivity contribution in [3.05, 3.63) is 62.5 Å². The van der Waals surface area contributed by atoms with Crippen LogP contribution < -0.4 is 10.4 Å². The second kappa shape index (κ2) is 8.82. The van der Waals surface area contributed by atoms with Crippen LogP contribution in [0, 0.1) is 11.6 Å². The van der Waals surface area contributed by atoms with Crippen LogP contribution in [-0.2, 0) is 6.42 Å². The summed E-state index contributed by atoms with van der Waals surface area (Å²) in [5.41, 5.74) is -2.03. The first-order chi connectivity index (χ1) is 17.5. The van der Waals surface area contributed by atoms with Crippen LogP contribution in [0.1, 0.15) is 53.7 Å². The summed E-state index contributed by atoms with van der Waals surface area (Å²) in [6, 6.07) is 3.17. The highest BCUT2D eigenvalue weighted by Gasteiger charge is 2.54. The van der Waals surface area contributed by atoms with Crippen LogP contribution >= 0.6 is 11.3 Å². The second-order valence-corrected chi connectivity index (χ2v) is 10.3. The fourth-order valence-corrected chi connectivity index (χ4v) is 6.05. The van der Waals surface area contributed by atoms with Gasteiger partial charge in [0.1, 0.15) is 22.3 Å². The highest BCUT2D eigenvalue weighted by atomic mass is 32.1. The lowest BCUT2D eigenvalue weighted by atomic mass is 9.83. The van der Waals surface area contributed by atoms with E-state index in [1.807, 2.05) is 0 Å². The summed E-state index contributed by atoms with van der Waals surface area (Å²) in [6.45, 7) is 1.91. The topological polar surface area (TPSA) is 91.6 Å². The van der Waals surface area contributed by atoms with Crippen molar-refractivity contribution >= 4 is 17.2 Å². The van der Waals surface area contributed by atoms with Crippen LogP contribution in [0.2, 0.25) is 0 Å². The summed E-state index contributed by atoms with van der Waals surface area (Å²) < 4.78 is 56.7. The largest absolute Gasteiger partial charge is 0.502 e. The van der Waals surface area contributed by atoms with E-state index in [1.54, 1.807) is 19.0 Å². The Kier molecular flexibility index (Phi) is 6.00. The predicted molar refractivity (Wildman–Crippen MR) is 127 cm³/mol. The molecule has 5 rings (SSSR count). The molecule has 1 aliphatic carbocycles. The summed E-state index contributed by atoms with van der Waals surface area (Å²) in [6.07, 6.45) is 0.543. The number of alkyl halides is 2. The highest BCUT2D eigenvalue weighted by molar-refractivity contribution is 7.14. The maximum atomic E-state index is 14.1. The van der Waals surface area contributed by atoms with Crippen molar-refractivity contribution < 1.29 is 27.5 Å². The van der Waals surface area contributed by atoms with Crippen LogP contribution in [-0.4, -0.2) is 56.0 Å². The third-order valence-electron chi connectivity index (χ3n) is 7.19. The summed E-state index contributed by atoms with van der Waals surface area (Å²) >= 11 is 0.981. The van der Waals surface area contributed by atoms with Gasteiger partial charge in [-0.05, 0) is 31.4 Å². The van der Waals surface area contributed by atoms with Crippen molar-refractivity contribution in [3.8, 4) is 16.3 Å². The van der Waals surface area contributed by atoms with Gasteiger partial charge in [0, 0.05) is 45.1 Å². The monoisotopic (exact) mass is 537 g/mol. The molecule has 0 atom stereocenters. The molecular formula is C24H23F4N5O3S. The first-order valence-electron chi connectivity index (χ1n) is 11.7. The number of amides is 1. The molecule has 1 aliphatic heterocycles. The second-order valence-electron chi connectivity index (χ2n) is 9.24. The fourth-order valence-electron chi connectivity index (χ4n) is 5.18. The molecule has 1 aromatic carbocycles. The third-order valence-corrected chi connectivity index (χ3v) is 8.15. The molecule has 3 heterocycles. The molecule has 8 nitrogen and oxygen atoms in total. The van der Waals surface area contributed by atoms with E-state index in [4.69, 9.17) is 0 Å². The molecule has 37 heavy (non-hydrogen) atoms. The minimum atomic E-state index is -2.83. The van der Waals surface area contributed by atoms with Gasteiger partial charge in [0.15, 0.2) is 16.5 Å². The Labute approximate surface area is 212 Å². The van der Waals surface area contributed by atoms with E-state index in [9.17, 15) is 32.3 Å². The number of nitrogens with zero attached hydrogens (tertiary/aromatic N) is 5. The summed E-state index contributed by atoms with van der Waals surface area (Å²) in [5, 5.41) is 20.9. The van der Waals surface area contributed by atoms with E-state index in [0.29, 0.717) is 5.01 Å². The number of aromatic hydroxyl groups is 1. The van der Waals surface area contributed by atoms with Crippen LogP contribution in [0.15, 0.2) is 29.2 Å². The Hall–Kier alpha value is -3.48. The number of hydrogen-bond acceptors (Lipinski definition) is 7. The summed E-state index contributed by atoms with van der Waals surface area (Å²) in [5.74, 6) is -5.70. The van der Waals surface area contributed by atoms with E-state index in [0.717, 1.165) is 23.5 Å². The van der Waals surface area contributed by atoms with Crippen molar-refractivity contribution in [3.63, 3.8) is 0 Å². The Morgan fingerprint density at radius 3 is 2.46 bits per heavy atom. The van der Waals surface area contributed by atoms with Gasteiger partial charge in [-0.25, -0.2) is 17.6 Å². The number of rotatable bonds is 4. The van der Waals surface area contributed by atoms with Crippen LogP contribution in [0.3, 0.4) is 0 Å². The molecule has 0 saturated heterocycles. The number of carbonyl (C=O) groups excluding carboxylic acids is 1. The average Bonchev–Trinajstić information content (AvgIpc) is 3.31. The van der Waals surface area contributed by atoms with Gasteiger partial charge in [-0.1, -0.05) is 17.4 Å². The van der Waals surface area contributed by atoms with Crippen molar-refractivity contribution in [2.45, 2.75) is 50.6 Å². The number of hydrogen-bond donors (Lipinski definition) is 1. The molecule has 1 saturated carbocycles. The molecule has 1 spiro atoms. The van der Waals surface area contributed by atoms with Crippen molar-refractivity contribution in [1.82, 2.24) is 19.8 Å². The van der Waals surface area contributed by atoms with Crippen molar-refractivity contribution in [1.29, 1.82) is 0 Å². The zero-order valence-corrected chi connectivity index (χ0v) is 20.8. The molecule has 3 aromatic rings. The number of pyridine rings is 1. The maximum Gasteiger partial charge on any atom is 0.278 e. The minimum absolute atomic E-state index is 0.00318.